The Morgan fingerprint density at radius 2 is 1.95 bits per heavy atom. The number of amides is 1. The Bertz CT molecular complexity index is 526. The van der Waals surface area contributed by atoms with E-state index in [1.165, 1.54) is 6.92 Å². The van der Waals surface area contributed by atoms with Gasteiger partial charge in [-0.15, -0.1) is 0 Å². The Morgan fingerprint density at radius 1 is 1.30 bits per heavy atom. The van der Waals surface area contributed by atoms with Gasteiger partial charge in [0.05, 0.1) is 16.8 Å². The molecule has 0 saturated heterocycles. The Balaban J connectivity index is 2.66. The summed E-state index contributed by atoms with van der Waals surface area (Å²) in [6.45, 7) is 7.08. The monoisotopic (exact) mass is 295 g/mol. The summed E-state index contributed by atoms with van der Waals surface area (Å²) in [4.78, 5) is 23.9. The number of Topliss-reactive ketones (excluding diaryl/α,β-unsaturated/α-hetero) is 1. The van der Waals surface area contributed by atoms with Gasteiger partial charge in [-0.2, -0.15) is 0 Å². The lowest BCUT2D eigenvalue weighted by atomic mass is 10.0. The Morgan fingerprint density at radius 3 is 2.45 bits per heavy atom. The number of ketones is 1. The quantitative estimate of drug-likeness (QED) is 0.871. The van der Waals surface area contributed by atoms with Crippen LogP contribution < -0.4 is 5.32 Å². The Kier molecular flexibility index (Phi) is 6.07. The summed E-state index contributed by atoms with van der Waals surface area (Å²) in [5, 5.41) is 2.65. The lowest BCUT2D eigenvalue weighted by Gasteiger charge is -2.19. The number of aryl methyl sites for hydroxylation is 1. The highest BCUT2D eigenvalue weighted by molar-refractivity contribution is 7.85. The molecule has 20 heavy (non-hydrogen) atoms. The van der Waals surface area contributed by atoms with Crippen LogP contribution in [0.15, 0.2) is 29.2 Å². The first-order valence-electron chi connectivity index (χ1n) is 6.56. The molecule has 0 aliphatic heterocycles. The van der Waals surface area contributed by atoms with Crippen LogP contribution in [0, 0.1) is 12.8 Å². The maximum absolute atomic E-state index is 12.1. The van der Waals surface area contributed by atoms with E-state index in [2.05, 4.69) is 5.32 Å². The summed E-state index contributed by atoms with van der Waals surface area (Å²) < 4.78 is 12.1. The topological polar surface area (TPSA) is 63.2 Å². The molecule has 1 N–H and O–H groups in total. The van der Waals surface area contributed by atoms with Crippen LogP contribution in [-0.2, 0) is 20.4 Å². The van der Waals surface area contributed by atoms with Gasteiger partial charge in [-0.25, -0.2) is 0 Å². The van der Waals surface area contributed by atoms with Gasteiger partial charge in [0.25, 0.3) is 0 Å². The van der Waals surface area contributed by atoms with E-state index in [1.807, 2.05) is 32.9 Å². The van der Waals surface area contributed by atoms with Gasteiger partial charge < -0.3 is 5.32 Å². The van der Waals surface area contributed by atoms with Gasteiger partial charge in [-0.3, -0.25) is 13.8 Å². The number of carbonyl (C=O) groups is 2. The first-order chi connectivity index (χ1) is 9.31. The van der Waals surface area contributed by atoms with Gasteiger partial charge in [0.2, 0.25) is 5.91 Å². The molecule has 0 fully saturated rings. The van der Waals surface area contributed by atoms with Crippen molar-refractivity contribution in [3.8, 4) is 0 Å². The zero-order valence-corrected chi connectivity index (χ0v) is 13.1. The summed E-state index contributed by atoms with van der Waals surface area (Å²) >= 11 is 0. The van der Waals surface area contributed by atoms with Crippen molar-refractivity contribution in [3.63, 3.8) is 0 Å². The van der Waals surface area contributed by atoms with E-state index in [4.69, 9.17) is 0 Å². The fraction of sp³-hybridized carbons (Fsp3) is 0.467. The zero-order valence-electron chi connectivity index (χ0n) is 12.3. The molecule has 1 aromatic rings. The first kappa shape index (κ1) is 16.6. The molecule has 0 radical (unpaired) electrons. The molecule has 0 aliphatic carbocycles. The highest BCUT2D eigenvalue weighted by Crippen LogP contribution is 2.09. The average molecular weight is 295 g/mol. The predicted molar refractivity (Wildman–Crippen MR) is 79.9 cm³/mol. The van der Waals surface area contributed by atoms with Gasteiger partial charge >= 0.3 is 0 Å². The van der Waals surface area contributed by atoms with Gasteiger partial charge in [0.15, 0.2) is 5.78 Å². The molecular formula is C15H21NO3S. The molecule has 0 heterocycles. The fourth-order valence-corrected chi connectivity index (χ4v) is 2.95. The minimum absolute atomic E-state index is 0.0175. The van der Waals surface area contributed by atoms with Crippen molar-refractivity contribution in [1.82, 2.24) is 5.32 Å². The van der Waals surface area contributed by atoms with Crippen LogP contribution in [0.5, 0.6) is 0 Å². The van der Waals surface area contributed by atoms with Crippen LogP contribution in [-0.4, -0.2) is 27.7 Å². The van der Waals surface area contributed by atoms with Crippen molar-refractivity contribution in [2.24, 2.45) is 5.92 Å². The van der Waals surface area contributed by atoms with Gasteiger partial charge in [-0.05, 0) is 37.5 Å². The van der Waals surface area contributed by atoms with E-state index in [0.29, 0.717) is 4.90 Å². The molecule has 1 amide bonds. The highest BCUT2D eigenvalue weighted by atomic mass is 32.2. The van der Waals surface area contributed by atoms with E-state index < -0.39 is 16.8 Å². The molecule has 0 saturated carbocycles. The van der Waals surface area contributed by atoms with Crippen molar-refractivity contribution in [1.29, 1.82) is 0 Å². The lowest BCUT2D eigenvalue weighted by molar-refractivity contribution is -0.126. The lowest BCUT2D eigenvalue weighted by Crippen LogP contribution is -2.45. The largest absolute Gasteiger partial charge is 0.345 e. The second kappa shape index (κ2) is 7.33. The average Bonchev–Trinajstić information content (AvgIpc) is 2.35. The molecule has 2 atom stereocenters. The minimum atomic E-state index is -1.39. The molecule has 0 aliphatic rings. The van der Waals surface area contributed by atoms with Crippen molar-refractivity contribution in [2.75, 3.05) is 5.75 Å². The SMILES string of the molecule is CC(=O)C(NC(=O)CS(=O)c1cccc(C)c1)C(C)C. The molecule has 2 unspecified atom stereocenters. The van der Waals surface area contributed by atoms with E-state index in [-0.39, 0.29) is 23.4 Å². The molecule has 5 heteroatoms. The molecule has 1 rings (SSSR count). The van der Waals surface area contributed by atoms with Crippen molar-refractivity contribution >= 4 is 22.5 Å². The highest BCUT2D eigenvalue weighted by Gasteiger charge is 2.21. The number of benzene rings is 1. The van der Waals surface area contributed by atoms with Gasteiger partial charge in [0.1, 0.15) is 5.75 Å². The number of rotatable bonds is 6. The van der Waals surface area contributed by atoms with Crippen LogP contribution in [0.2, 0.25) is 0 Å². The fourth-order valence-electron chi connectivity index (χ4n) is 1.91. The van der Waals surface area contributed by atoms with Crippen molar-refractivity contribution in [3.05, 3.63) is 29.8 Å². The Hall–Kier alpha value is -1.49. The molecule has 0 spiro atoms. The molecular weight excluding hydrogens is 274 g/mol. The van der Waals surface area contributed by atoms with Crippen LogP contribution in [0.3, 0.4) is 0 Å². The van der Waals surface area contributed by atoms with Crippen LogP contribution in [0.1, 0.15) is 26.3 Å². The number of nitrogens with one attached hydrogen (secondary N) is 1. The Labute approximate surface area is 122 Å². The minimum Gasteiger partial charge on any atom is -0.345 e. The molecule has 4 nitrogen and oxygen atoms in total. The summed E-state index contributed by atoms with van der Waals surface area (Å²) in [6, 6.07) is 6.74. The molecule has 110 valence electrons. The van der Waals surface area contributed by atoms with Crippen LogP contribution in [0.4, 0.5) is 0 Å². The standard InChI is InChI=1S/C15H21NO3S/c1-10(2)15(12(4)17)16-14(18)9-20(19)13-7-5-6-11(3)8-13/h5-8,10,15H,9H2,1-4H3,(H,16,18). The third-order valence-corrected chi connectivity index (χ3v) is 4.24. The van der Waals surface area contributed by atoms with Crippen LogP contribution in [0.25, 0.3) is 0 Å². The van der Waals surface area contributed by atoms with E-state index >= 15 is 0 Å². The second-order valence-corrected chi connectivity index (χ2v) is 6.66. The van der Waals surface area contributed by atoms with Crippen molar-refractivity contribution < 1.29 is 13.8 Å². The number of hydrogen-bond donors (Lipinski definition) is 1. The zero-order chi connectivity index (χ0) is 15.3. The summed E-state index contributed by atoms with van der Waals surface area (Å²) in [7, 11) is -1.39. The van der Waals surface area contributed by atoms with Gasteiger partial charge in [-0.1, -0.05) is 26.0 Å². The summed E-state index contributed by atoms with van der Waals surface area (Å²) in [5.41, 5.74) is 1.00. The molecule has 0 bridgehead atoms. The number of carbonyl (C=O) groups excluding carboxylic acids is 2. The third kappa shape index (κ3) is 4.89. The normalized spacial score (nSPS) is 13.8. The summed E-state index contributed by atoms with van der Waals surface area (Å²) in [5.74, 6) is -0.558. The maximum atomic E-state index is 12.1. The van der Waals surface area contributed by atoms with E-state index in [1.54, 1.807) is 12.1 Å². The number of hydrogen-bond acceptors (Lipinski definition) is 3. The predicted octanol–water partition coefficient (Wildman–Crippen LogP) is 1.83. The third-order valence-electron chi connectivity index (χ3n) is 2.94. The molecule has 0 aromatic heterocycles. The second-order valence-electron chi connectivity index (χ2n) is 5.21. The van der Waals surface area contributed by atoms with Crippen molar-refractivity contribution in [2.45, 2.75) is 38.6 Å². The maximum Gasteiger partial charge on any atom is 0.233 e. The molecule has 1 aromatic carbocycles. The van der Waals surface area contributed by atoms with Gasteiger partial charge in [0, 0.05) is 4.90 Å². The van der Waals surface area contributed by atoms with E-state index in [0.717, 1.165) is 5.56 Å². The van der Waals surface area contributed by atoms with Crippen LogP contribution >= 0.6 is 0 Å². The van der Waals surface area contributed by atoms with E-state index in [9.17, 15) is 13.8 Å². The first-order valence-corrected chi connectivity index (χ1v) is 7.88. The summed E-state index contributed by atoms with van der Waals surface area (Å²) in [6.07, 6.45) is 0. The smallest absolute Gasteiger partial charge is 0.233 e.